The fourth-order valence-corrected chi connectivity index (χ4v) is 4.34. The molecule has 0 saturated carbocycles. The second-order valence-electron chi connectivity index (χ2n) is 6.68. The van der Waals surface area contributed by atoms with Crippen molar-refractivity contribution in [1.29, 1.82) is 0 Å². The van der Waals surface area contributed by atoms with E-state index in [-0.39, 0.29) is 0 Å². The lowest BCUT2D eigenvalue weighted by Crippen LogP contribution is -2.53. The molecule has 2 aliphatic heterocycles. The Morgan fingerprint density at radius 2 is 2.00 bits per heavy atom. The van der Waals surface area contributed by atoms with E-state index in [9.17, 15) is 0 Å². The van der Waals surface area contributed by atoms with E-state index in [1.54, 1.807) is 0 Å². The molecule has 21 heavy (non-hydrogen) atoms. The third-order valence-corrected chi connectivity index (χ3v) is 5.69. The number of piperidine rings is 1. The lowest BCUT2D eigenvalue weighted by molar-refractivity contribution is 0.0804. The molecular weight excluding hydrogens is 324 g/mol. The van der Waals surface area contributed by atoms with E-state index >= 15 is 0 Å². The molecule has 0 aliphatic carbocycles. The zero-order valence-corrected chi connectivity index (χ0v) is 14.6. The van der Waals surface area contributed by atoms with Crippen molar-refractivity contribution in [3.05, 3.63) is 34.3 Å². The van der Waals surface area contributed by atoms with Gasteiger partial charge in [0.2, 0.25) is 0 Å². The van der Waals surface area contributed by atoms with Crippen molar-refractivity contribution in [2.45, 2.75) is 63.6 Å². The van der Waals surface area contributed by atoms with Crippen molar-refractivity contribution in [3.63, 3.8) is 0 Å². The Balaban J connectivity index is 1.65. The van der Waals surface area contributed by atoms with Crippen molar-refractivity contribution in [2.24, 2.45) is 0 Å². The van der Waals surface area contributed by atoms with Crippen LogP contribution in [-0.2, 0) is 6.42 Å². The van der Waals surface area contributed by atoms with Crippen LogP contribution in [0.5, 0.6) is 0 Å². The molecule has 3 atom stereocenters. The van der Waals surface area contributed by atoms with Crippen LogP contribution in [0.2, 0.25) is 0 Å². The van der Waals surface area contributed by atoms with Gasteiger partial charge in [-0.25, -0.2) is 0 Å². The average molecular weight is 351 g/mol. The van der Waals surface area contributed by atoms with Gasteiger partial charge >= 0.3 is 0 Å². The van der Waals surface area contributed by atoms with Crippen molar-refractivity contribution in [1.82, 2.24) is 10.2 Å². The lowest BCUT2D eigenvalue weighted by atomic mass is 9.92. The third-order valence-electron chi connectivity index (χ3n) is 5.17. The number of benzene rings is 1. The summed E-state index contributed by atoms with van der Waals surface area (Å²) in [5.74, 6) is 0. The molecule has 2 heterocycles. The molecule has 0 radical (unpaired) electrons. The van der Waals surface area contributed by atoms with Gasteiger partial charge in [-0.3, -0.25) is 4.90 Å². The van der Waals surface area contributed by atoms with E-state index in [0.717, 1.165) is 18.5 Å². The molecule has 116 valence electrons. The van der Waals surface area contributed by atoms with Crippen LogP contribution in [-0.4, -0.2) is 36.1 Å². The number of nitrogens with zero attached hydrogens (tertiary/aromatic N) is 1. The van der Waals surface area contributed by atoms with Gasteiger partial charge in [-0.1, -0.05) is 34.5 Å². The van der Waals surface area contributed by atoms with Gasteiger partial charge in [-0.15, -0.1) is 0 Å². The van der Waals surface area contributed by atoms with E-state index in [1.165, 1.54) is 55.2 Å². The fourth-order valence-electron chi connectivity index (χ4n) is 4.08. The molecule has 1 N–H and O–H groups in total. The Hall–Kier alpha value is -0.380. The minimum absolute atomic E-state index is 0.638. The van der Waals surface area contributed by atoms with Gasteiger partial charge in [0.25, 0.3) is 0 Å². The highest BCUT2D eigenvalue weighted by Crippen LogP contribution is 2.27. The van der Waals surface area contributed by atoms with Gasteiger partial charge in [-0.05, 0) is 69.8 Å². The number of hydrogen-bond acceptors (Lipinski definition) is 2. The summed E-state index contributed by atoms with van der Waals surface area (Å²) in [4.78, 5) is 2.79. The molecule has 2 saturated heterocycles. The standard InChI is InChI=1S/C18H27BrN2/c1-14(13-15-7-9-16(19)10-8-15)21-12-3-2-6-18(21)17-5-4-11-20-17/h7-10,14,17-18,20H,2-6,11-13H2,1H3. The Morgan fingerprint density at radius 1 is 1.19 bits per heavy atom. The van der Waals surface area contributed by atoms with Gasteiger partial charge < -0.3 is 5.32 Å². The van der Waals surface area contributed by atoms with Crippen LogP contribution in [0.25, 0.3) is 0 Å². The number of nitrogens with one attached hydrogen (secondary N) is 1. The van der Waals surface area contributed by atoms with E-state index in [1.807, 2.05) is 0 Å². The summed E-state index contributed by atoms with van der Waals surface area (Å²) in [6, 6.07) is 11.0. The average Bonchev–Trinajstić information content (AvgIpc) is 3.04. The summed E-state index contributed by atoms with van der Waals surface area (Å²) in [6.45, 7) is 4.91. The summed E-state index contributed by atoms with van der Waals surface area (Å²) in [6.07, 6.45) is 8.04. The topological polar surface area (TPSA) is 15.3 Å². The molecule has 3 unspecified atom stereocenters. The second-order valence-corrected chi connectivity index (χ2v) is 7.60. The van der Waals surface area contributed by atoms with Crippen LogP contribution in [0.1, 0.15) is 44.6 Å². The predicted octanol–water partition coefficient (Wildman–Crippen LogP) is 3.99. The maximum absolute atomic E-state index is 3.73. The molecule has 2 fully saturated rings. The van der Waals surface area contributed by atoms with Crippen LogP contribution in [0.15, 0.2) is 28.7 Å². The van der Waals surface area contributed by atoms with Gasteiger partial charge in [0.15, 0.2) is 0 Å². The van der Waals surface area contributed by atoms with E-state index < -0.39 is 0 Å². The molecule has 2 aliphatic rings. The molecule has 3 heteroatoms. The largest absolute Gasteiger partial charge is 0.312 e. The van der Waals surface area contributed by atoms with Crippen molar-refractivity contribution in [2.75, 3.05) is 13.1 Å². The van der Waals surface area contributed by atoms with Crippen LogP contribution in [0.4, 0.5) is 0 Å². The molecule has 0 amide bonds. The third kappa shape index (κ3) is 3.88. The monoisotopic (exact) mass is 350 g/mol. The summed E-state index contributed by atoms with van der Waals surface area (Å²) < 4.78 is 1.17. The highest BCUT2D eigenvalue weighted by molar-refractivity contribution is 9.10. The van der Waals surface area contributed by atoms with Crippen LogP contribution >= 0.6 is 15.9 Å². The highest BCUT2D eigenvalue weighted by Gasteiger charge is 2.33. The zero-order chi connectivity index (χ0) is 14.7. The summed E-state index contributed by atoms with van der Waals surface area (Å²) in [5, 5.41) is 3.73. The minimum atomic E-state index is 0.638. The Morgan fingerprint density at radius 3 is 2.71 bits per heavy atom. The van der Waals surface area contributed by atoms with Gasteiger partial charge in [0.05, 0.1) is 0 Å². The summed E-state index contributed by atoms with van der Waals surface area (Å²) in [5.41, 5.74) is 1.45. The Labute approximate surface area is 137 Å². The van der Waals surface area contributed by atoms with E-state index in [0.29, 0.717) is 6.04 Å². The number of likely N-dealkylation sites (tertiary alicyclic amines) is 1. The van der Waals surface area contributed by atoms with Crippen LogP contribution < -0.4 is 5.32 Å². The Bertz CT molecular complexity index is 439. The number of hydrogen-bond donors (Lipinski definition) is 1. The first kappa shape index (κ1) is 15.5. The number of halogens is 1. The van der Waals surface area contributed by atoms with Gasteiger partial charge in [-0.2, -0.15) is 0 Å². The quantitative estimate of drug-likeness (QED) is 0.883. The van der Waals surface area contributed by atoms with Gasteiger partial charge in [0.1, 0.15) is 0 Å². The van der Waals surface area contributed by atoms with E-state index in [4.69, 9.17) is 0 Å². The first-order valence-corrected chi connectivity index (χ1v) is 9.27. The molecule has 0 spiro atoms. The molecular formula is C18H27BrN2. The highest BCUT2D eigenvalue weighted by atomic mass is 79.9. The second kappa shape index (κ2) is 7.26. The van der Waals surface area contributed by atoms with Gasteiger partial charge in [0, 0.05) is 22.6 Å². The Kier molecular flexibility index (Phi) is 5.36. The first-order chi connectivity index (χ1) is 10.2. The molecule has 3 rings (SSSR count). The first-order valence-electron chi connectivity index (χ1n) is 8.47. The lowest BCUT2D eigenvalue weighted by Gasteiger charge is -2.43. The minimum Gasteiger partial charge on any atom is -0.312 e. The fraction of sp³-hybridized carbons (Fsp3) is 0.667. The summed E-state index contributed by atoms with van der Waals surface area (Å²) >= 11 is 3.52. The predicted molar refractivity (Wildman–Crippen MR) is 92.7 cm³/mol. The maximum Gasteiger partial charge on any atom is 0.0252 e. The SMILES string of the molecule is CC(Cc1ccc(Br)cc1)N1CCCCC1C1CCCN1. The molecule has 0 aromatic heterocycles. The van der Waals surface area contributed by atoms with Crippen LogP contribution in [0, 0.1) is 0 Å². The molecule has 2 nitrogen and oxygen atoms in total. The van der Waals surface area contributed by atoms with Crippen molar-refractivity contribution in [3.8, 4) is 0 Å². The smallest absolute Gasteiger partial charge is 0.0252 e. The summed E-state index contributed by atoms with van der Waals surface area (Å²) in [7, 11) is 0. The molecule has 1 aromatic carbocycles. The van der Waals surface area contributed by atoms with Crippen LogP contribution in [0.3, 0.4) is 0 Å². The van der Waals surface area contributed by atoms with E-state index in [2.05, 4.69) is 57.3 Å². The maximum atomic E-state index is 3.73. The molecule has 0 bridgehead atoms. The zero-order valence-electron chi connectivity index (χ0n) is 13.0. The normalized spacial score (nSPS) is 28.7. The number of rotatable bonds is 4. The molecule has 1 aromatic rings. The van der Waals surface area contributed by atoms with Crippen molar-refractivity contribution >= 4 is 15.9 Å². The van der Waals surface area contributed by atoms with Crippen molar-refractivity contribution < 1.29 is 0 Å².